The van der Waals surface area contributed by atoms with Gasteiger partial charge in [-0.15, -0.1) is 0 Å². The van der Waals surface area contributed by atoms with Gasteiger partial charge in [0.2, 0.25) is 5.88 Å². The standard InChI is InChI=1S/C17H22N2O/c1-11-8-12(2)17(13(3)9-11)14(4)19-15-6-7-16(20-5)18-10-15/h6-10,14,19H,1-5H3. The van der Waals surface area contributed by atoms with Crippen LogP contribution >= 0.6 is 0 Å². The van der Waals surface area contributed by atoms with E-state index in [9.17, 15) is 0 Å². The van der Waals surface area contributed by atoms with E-state index < -0.39 is 0 Å². The molecule has 1 aromatic carbocycles. The number of aromatic nitrogens is 1. The molecule has 3 heteroatoms. The number of methoxy groups -OCH3 is 1. The lowest BCUT2D eigenvalue weighted by Gasteiger charge is -2.20. The molecule has 0 saturated heterocycles. The van der Waals surface area contributed by atoms with Crippen molar-refractivity contribution in [3.05, 3.63) is 52.7 Å². The van der Waals surface area contributed by atoms with E-state index in [1.54, 1.807) is 13.3 Å². The van der Waals surface area contributed by atoms with Crippen LogP contribution in [0.2, 0.25) is 0 Å². The van der Waals surface area contributed by atoms with Crippen molar-refractivity contribution in [3.63, 3.8) is 0 Å². The lowest BCUT2D eigenvalue weighted by atomic mass is 9.95. The van der Waals surface area contributed by atoms with E-state index in [-0.39, 0.29) is 6.04 Å². The minimum atomic E-state index is 0.241. The van der Waals surface area contributed by atoms with E-state index in [0.29, 0.717) is 5.88 Å². The zero-order valence-corrected chi connectivity index (χ0v) is 12.8. The van der Waals surface area contributed by atoms with Crippen molar-refractivity contribution in [2.75, 3.05) is 12.4 Å². The third-order valence-corrected chi connectivity index (χ3v) is 3.50. The van der Waals surface area contributed by atoms with Gasteiger partial charge in [0.15, 0.2) is 0 Å². The summed E-state index contributed by atoms with van der Waals surface area (Å²) in [6.45, 7) is 8.64. The molecule has 0 aliphatic rings. The summed E-state index contributed by atoms with van der Waals surface area (Å²) in [5, 5.41) is 3.49. The van der Waals surface area contributed by atoms with Crippen molar-refractivity contribution in [2.24, 2.45) is 0 Å². The first-order valence-corrected chi connectivity index (χ1v) is 6.85. The summed E-state index contributed by atoms with van der Waals surface area (Å²) < 4.78 is 5.07. The fourth-order valence-corrected chi connectivity index (χ4v) is 2.78. The molecule has 0 amide bonds. The van der Waals surface area contributed by atoms with Crippen LogP contribution < -0.4 is 10.1 Å². The van der Waals surface area contributed by atoms with E-state index in [0.717, 1.165) is 5.69 Å². The Balaban J connectivity index is 2.21. The number of rotatable bonds is 4. The molecule has 2 rings (SSSR count). The molecule has 0 fully saturated rings. The lowest BCUT2D eigenvalue weighted by Crippen LogP contribution is -2.10. The number of aryl methyl sites for hydroxylation is 3. The summed E-state index contributed by atoms with van der Waals surface area (Å²) in [6.07, 6.45) is 1.80. The summed E-state index contributed by atoms with van der Waals surface area (Å²) in [5.41, 5.74) is 6.30. The van der Waals surface area contributed by atoms with E-state index in [4.69, 9.17) is 4.74 Å². The molecule has 0 saturated carbocycles. The molecule has 1 aromatic heterocycles. The number of pyridine rings is 1. The van der Waals surface area contributed by atoms with Crippen molar-refractivity contribution < 1.29 is 4.74 Å². The maximum Gasteiger partial charge on any atom is 0.213 e. The normalized spacial score (nSPS) is 12.1. The fourth-order valence-electron chi connectivity index (χ4n) is 2.78. The van der Waals surface area contributed by atoms with Crippen LogP contribution in [0.3, 0.4) is 0 Å². The maximum atomic E-state index is 5.07. The highest BCUT2D eigenvalue weighted by Gasteiger charge is 2.12. The van der Waals surface area contributed by atoms with E-state index in [1.807, 2.05) is 12.1 Å². The Morgan fingerprint density at radius 1 is 1.10 bits per heavy atom. The van der Waals surface area contributed by atoms with Gasteiger partial charge >= 0.3 is 0 Å². The van der Waals surface area contributed by atoms with Gasteiger partial charge in [0, 0.05) is 12.1 Å². The van der Waals surface area contributed by atoms with Crippen LogP contribution in [-0.4, -0.2) is 12.1 Å². The monoisotopic (exact) mass is 270 g/mol. The molecule has 1 unspecified atom stereocenters. The van der Waals surface area contributed by atoms with Crippen LogP contribution in [0.15, 0.2) is 30.5 Å². The first kappa shape index (κ1) is 14.4. The Morgan fingerprint density at radius 2 is 1.75 bits per heavy atom. The zero-order chi connectivity index (χ0) is 14.7. The zero-order valence-electron chi connectivity index (χ0n) is 12.8. The summed E-state index contributed by atoms with van der Waals surface area (Å²) in [4.78, 5) is 4.22. The first-order chi connectivity index (χ1) is 9.51. The average Bonchev–Trinajstić information content (AvgIpc) is 2.38. The number of ether oxygens (including phenoxy) is 1. The quantitative estimate of drug-likeness (QED) is 0.904. The molecule has 0 bridgehead atoms. The topological polar surface area (TPSA) is 34.1 Å². The molecule has 1 atom stereocenters. The third-order valence-electron chi connectivity index (χ3n) is 3.50. The number of hydrogen-bond acceptors (Lipinski definition) is 3. The summed E-state index contributed by atoms with van der Waals surface area (Å²) >= 11 is 0. The highest BCUT2D eigenvalue weighted by atomic mass is 16.5. The maximum absolute atomic E-state index is 5.07. The molecule has 0 spiro atoms. The van der Waals surface area contributed by atoms with Crippen molar-refractivity contribution in [1.29, 1.82) is 0 Å². The average molecular weight is 270 g/mol. The van der Waals surface area contributed by atoms with Crippen molar-refractivity contribution >= 4 is 5.69 Å². The Labute approximate surface area is 121 Å². The smallest absolute Gasteiger partial charge is 0.213 e. The summed E-state index contributed by atoms with van der Waals surface area (Å²) in [6, 6.07) is 8.55. The SMILES string of the molecule is COc1ccc(NC(C)c2c(C)cc(C)cc2C)cn1. The van der Waals surface area contributed by atoms with E-state index in [1.165, 1.54) is 22.3 Å². The van der Waals surface area contributed by atoms with Gasteiger partial charge in [-0.3, -0.25) is 0 Å². The van der Waals surface area contributed by atoms with E-state index >= 15 is 0 Å². The van der Waals surface area contributed by atoms with Gasteiger partial charge in [-0.05, 0) is 50.5 Å². The number of benzene rings is 1. The van der Waals surface area contributed by atoms with Crippen LogP contribution in [0.1, 0.15) is 35.2 Å². The van der Waals surface area contributed by atoms with Crippen LogP contribution in [0.5, 0.6) is 5.88 Å². The van der Waals surface area contributed by atoms with Crippen LogP contribution in [-0.2, 0) is 0 Å². The second kappa shape index (κ2) is 5.95. The van der Waals surface area contributed by atoms with Gasteiger partial charge in [-0.25, -0.2) is 4.98 Å². The molecule has 20 heavy (non-hydrogen) atoms. The number of hydrogen-bond donors (Lipinski definition) is 1. The second-order valence-electron chi connectivity index (χ2n) is 5.27. The van der Waals surface area contributed by atoms with Gasteiger partial charge < -0.3 is 10.1 Å². The van der Waals surface area contributed by atoms with Gasteiger partial charge in [-0.1, -0.05) is 17.7 Å². The third kappa shape index (κ3) is 3.10. The highest BCUT2D eigenvalue weighted by molar-refractivity contribution is 5.48. The van der Waals surface area contributed by atoms with Crippen molar-refractivity contribution in [3.8, 4) is 5.88 Å². The first-order valence-electron chi connectivity index (χ1n) is 6.85. The molecular formula is C17H22N2O. The molecular weight excluding hydrogens is 248 g/mol. The highest BCUT2D eigenvalue weighted by Crippen LogP contribution is 2.26. The predicted molar refractivity (Wildman–Crippen MR) is 83.5 cm³/mol. The molecule has 0 radical (unpaired) electrons. The Hall–Kier alpha value is -2.03. The molecule has 1 N–H and O–H groups in total. The predicted octanol–water partition coefficient (Wildman–Crippen LogP) is 4.19. The minimum Gasteiger partial charge on any atom is -0.481 e. The summed E-state index contributed by atoms with van der Waals surface area (Å²) in [5.74, 6) is 0.630. The molecule has 0 aliphatic heterocycles. The van der Waals surface area contributed by atoms with Gasteiger partial charge in [-0.2, -0.15) is 0 Å². The lowest BCUT2D eigenvalue weighted by molar-refractivity contribution is 0.398. The van der Waals surface area contributed by atoms with Gasteiger partial charge in [0.05, 0.1) is 19.0 Å². The van der Waals surface area contributed by atoms with Crippen molar-refractivity contribution in [2.45, 2.75) is 33.7 Å². The number of anilines is 1. The van der Waals surface area contributed by atoms with Crippen molar-refractivity contribution in [1.82, 2.24) is 4.98 Å². The molecule has 106 valence electrons. The number of nitrogens with zero attached hydrogens (tertiary/aromatic N) is 1. The molecule has 1 heterocycles. The Morgan fingerprint density at radius 3 is 2.25 bits per heavy atom. The van der Waals surface area contributed by atoms with Crippen LogP contribution in [0.4, 0.5) is 5.69 Å². The fraction of sp³-hybridized carbons (Fsp3) is 0.353. The minimum absolute atomic E-state index is 0.241. The second-order valence-corrected chi connectivity index (χ2v) is 5.27. The van der Waals surface area contributed by atoms with Gasteiger partial charge in [0.1, 0.15) is 0 Å². The largest absolute Gasteiger partial charge is 0.481 e. The van der Waals surface area contributed by atoms with E-state index in [2.05, 4.69) is 50.1 Å². The molecule has 2 aromatic rings. The number of nitrogens with one attached hydrogen (secondary N) is 1. The van der Waals surface area contributed by atoms with Crippen LogP contribution in [0.25, 0.3) is 0 Å². The Kier molecular flexibility index (Phi) is 4.28. The summed E-state index contributed by atoms with van der Waals surface area (Å²) in [7, 11) is 1.62. The molecule has 3 nitrogen and oxygen atoms in total. The van der Waals surface area contributed by atoms with Gasteiger partial charge in [0.25, 0.3) is 0 Å². The van der Waals surface area contributed by atoms with Crippen LogP contribution in [0, 0.1) is 20.8 Å². The molecule has 0 aliphatic carbocycles. The Bertz CT molecular complexity index is 567.